The molecule has 0 heterocycles. The molecule has 1 aromatic rings. The Bertz CT molecular complexity index is 438. The molecule has 3 nitrogen and oxygen atoms in total. The van der Waals surface area contributed by atoms with Gasteiger partial charge >= 0.3 is 0 Å². The number of carbonyl (C=O) groups excluding carboxylic acids is 1. The Balaban J connectivity index is 3.17. The number of halogens is 2. The van der Waals surface area contributed by atoms with Crippen molar-refractivity contribution < 1.29 is 18.3 Å². The van der Waals surface area contributed by atoms with E-state index in [0.29, 0.717) is 6.07 Å². The van der Waals surface area contributed by atoms with E-state index < -0.39 is 17.5 Å². The number of primary amides is 1. The van der Waals surface area contributed by atoms with Crippen LogP contribution in [0.1, 0.15) is 10.4 Å². The van der Waals surface area contributed by atoms with Gasteiger partial charge in [-0.1, -0.05) is 5.92 Å². The lowest BCUT2D eigenvalue weighted by Crippen LogP contribution is -2.14. The number of amides is 1. The van der Waals surface area contributed by atoms with Crippen molar-refractivity contribution in [3.8, 4) is 18.1 Å². The van der Waals surface area contributed by atoms with Crippen LogP contribution < -0.4 is 10.5 Å². The third-order valence-electron chi connectivity index (χ3n) is 1.60. The van der Waals surface area contributed by atoms with E-state index in [9.17, 15) is 13.6 Å². The van der Waals surface area contributed by atoms with Crippen LogP contribution in [0.25, 0.3) is 0 Å². The zero-order valence-electron chi connectivity index (χ0n) is 7.59. The highest BCUT2D eigenvalue weighted by molar-refractivity contribution is 5.95. The van der Waals surface area contributed by atoms with Crippen LogP contribution in [-0.2, 0) is 0 Å². The van der Waals surface area contributed by atoms with Crippen molar-refractivity contribution in [3.05, 3.63) is 29.3 Å². The molecule has 0 fully saturated rings. The van der Waals surface area contributed by atoms with Gasteiger partial charge in [0.15, 0.2) is 11.6 Å². The van der Waals surface area contributed by atoms with Crippen LogP contribution in [0.4, 0.5) is 8.78 Å². The molecule has 0 spiro atoms. The molecule has 0 aliphatic rings. The third-order valence-corrected chi connectivity index (χ3v) is 1.60. The van der Waals surface area contributed by atoms with E-state index in [2.05, 4.69) is 5.92 Å². The molecule has 1 amide bonds. The number of benzene rings is 1. The minimum Gasteiger partial charge on any atom is -0.480 e. The van der Waals surface area contributed by atoms with Crippen molar-refractivity contribution >= 4 is 5.91 Å². The van der Waals surface area contributed by atoms with E-state index in [1.165, 1.54) is 0 Å². The molecule has 0 aromatic heterocycles. The van der Waals surface area contributed by atoms with E-state index in [1.54, 1.807) is 0 Å². The summed E-state index contributed by atoms with van der Waals surface area (Å²) in [6.07, 6.45) is 4.91. The Morgan fingerprint density at radius 2 is 2.07 bits per heavy atom. The summed E-state index contributed by atoms with van der Waals surface area (Å²) in [6, 6.07) is 1.40. The van der Waals surface area contributed by atoms with E-state index in [0.717, 1.165) is 6.07 Å². The average Bonchev–Trinajstić information content (AvgIpc) is 2.19. The maximum atomic E-state index is 12.8. The molecule has 0 saturated heterocycles. The Morgan fingerprint density at radius 3 is 2.60 bits per heavy atom. The fraction of sp³-hybridized carbons (Fsp3) is 0.100. The Labute approximate surface area is 84.8 Å². The second kappa shape index (κ2) is 4.42. The Kier molecular flexibility index (Phi) is 3.24. The largest absolute Gasteiger partial charge is 0.480 e. The van der Waals surface area contributed by atoms with Gasteiger partial charge in [-0.3, -0.25) is 4.79 Å². The predicted octanol–water partition coefficient (Wildman–Crippen LogP) is 1.08. The fourth-order valence-electron chi connectivity index (χ4n) is 0.960. The molecule has 5 heteroatoms. The SMILES string of the molecule is C#CCOc1cc(F)c(F)cc1C(N)=O. The number of nitrogens with two attached hydrogens (primary N) is 1. The Morgan fingerprint density at radius 1 is 1.47 bits per heavy atom. The van der Waals surface area contributed by atoms with Crippen LogP contribution in [0.5, 0.6) is 5.75 Å². The van der Waals surface area contributed by atoms with Gasteiger partial charge in [0, 0.05) is 6.07 Å². The van der Waals surface area contributed by atoms with Crippen molar-refractivity contribution in [2.24, 2.45) is 5.73 Å². The summed E-state index contributed by atoms with van der Waals surface area (Å²) in [5, 5.41) is 0. The Hall–Kier alpha value is -2.09. The summed E-state index contributed by atoms with van der Waals surface area (Å²) < 4.78 is 30.4. The van der Waals surface area contributed by atoms with Gasteiger partial charge in [0.1, 0.15) is 12.4 Å². The summed E-state index contributed by atoms with van der Waals surface area (Å²) in [4.78, 5) is 10.8. The van der Waals surface area contributed by atoms with Gasteiger partial charge in [-0.2, -0.15) is 0 Å². The topological polar surface area (TPSA) is 52.3 Å². The highest BCUT2D eigenvalue weighted by atomic mass is 19.2. The molecular formula is C10H7F2NO2. The highest BCUT2D eigenvalue weighted by Crippen LogP contribution is 2.21. The van der Waals surface area contributed by atoms with E-state index in [1.807, 2.05) is 0 Å². The molecule has 0 atom stereocenters. The molecule has 0 bridgehead atoms. The molecule has 78 valence electrons. The zero-order chi connectivity index (χ0) is 11.4. The summed E-state index contributed by atoms with van der Waals surface area (Å²) in [5.74, 6) is -1.26. The van der Waals surface area contributed by atoms with Gasteiger partial charge in [-0.15, -0.1) is 6.42 Å². The van der Waals surface area contributed by atoms with Crippen molar-refractivity contribution in [1.82, 2.24) is 0 Å². The normalized spacial score (nSPS) is 9.40. The first-order valence-electron chi connectivity index (χ1n) is 3.91. The molecule has 0 aliphatic heterocycles. The van der Waals surface area contributed by atoms with Crippen molar-refractivity contribution in [3.63, 3.8) is 0 Å². The smallest absolute Gasteiger partial charge is 0.252 e. The number of terminal acetylenes is 1. The number of carbonyl (C=O) groups is 1. The van der Waals surface area contributed by atoms with Crippen LogP contribution in [0.3, 0.4) is 0 Å². The second-order valence-corrected chi connectivity index (χ2v) is 2.62. The zero-order valence-corrected chi connectivity index (χ0v) is 7.59. The van der Waals surface area contributed by atoms with Gasteiger partial charge in [0.05, 0.1) is 5.56 Å². The van der Waals surface area contributed by atoms with Gasteiger partial charge in [-0.05, 0) is 6.07 Å². The van der Waals surface area contributed by atoms with Crippen LogP contribution in [-0.4, -0.2) is 12.5 Å². The predicted molar refractivity (Wildman–Crippen MR) is 49.2 cm³/mol. The summed E-state index contributed by atoms with van der Waals surface area (Å²) >= 11 is 0. The first-order valence-corrected chi connectivity index (χ1v) is 3.91. The number of ether oxygens (including phenoxy) is 1. The maximum absolute atomic E-state index is 12.8. The standard InChI is InChI=1S/C10H7F2NO2/c1-2-3-15-9-5-8(12)7(11)4-6(9)10(13)14/h1,4-5H,3H2,(H2,13,14). The number of hydrogen-bond acceptors (Lipinski definition) is 2. The van der Waals surface area contributed by atoms with Crippen molar-refractivity contribution in [2.45, 2.75) is 0 Å². The maximum Gasteiger partial charge on any atom is 0.252 e. The number of rotatable bonds is 3. The minimum atomic E-state index is -1.17. The minimum absolute atomic E-state index is 0.161. The van der Waals surface area contributed by atoms with Crippen molar-refractivity contribution in [1.29, 1.82) is 0 Å². The molecule has 0 aliphatic carbocycles. The summed E-state index contributed by atoms with van der Waals surface area (Å²) in [6.45, 7) is -0.161. The lowest BCUT2D eigenvalue weighted by molar-refractivity contribution is 0.0996. The molecule has 15 heavy (non-hydrogen) atoms. The average molecular weight is 211 g/mol. The molecule has 2 N–H and O–H groups in total. The molecule has 0 saturated carbocycles. The molecule has 0 unspecified atom stereocenters. The summed E-state index contributed by atoms with van der Waals surface area (Å²) in [5.41, 5.74) is 4.70. The van der Waals surface area contributed by atoms with E-state index in [-0.39, 0.29) is 17.9 Å². The molecule has 1 aromatic carbocycles. The van der Waals surface area contributed by atoms with Crippen LogP contribution in [0.15, 0.2) is 12.1 Å². The molecule has 0 radical (unpaired) electrons. The lowest BCUT2D eigenvalue weighted by atomic mass is 10.2. The van der Waals surface area contributed by atoms with Crippen LogP contribution in [0.2, 0.25) is 0 Å². The van der Waals surface area contributed by atoms with Crippen LogP contribution in [0, 0.1) is 24.0 Å². The van der Waals surface area contributed by atoms with Gasteiger partial charge in [0.25, 0.3) is 5.91 Å². The molecule has 1 rings (SSSR count). The highest BCUT2D eigenvalue weighted by Gasteiger charge is 2.14. The van der Waals surface area contributed by atoms with E-state index in [4.69, 9.17) is 16.9 Å². The molecular weight excluding hydrogens is 204 g/mol. The lowest BCUT2D eigenvalue weighted by Gasteiger charge is -2.07. The van der Waals surface area contributed by atoms with E-state index >= 15 is 0 Å². The van der Waals surface area contributed by atoms with Crippen molar-refractivity contribution in [2.75, 3.05) is 6.61 Å². The number of hydrogen-bond donors (Lipinski definition) is 1. The van der Waals surface area contributed by atoms with Gasteiger partial charge < -0.3 is 10.5 Å². The second-order valence-electron chi connectivity index (χ2n) is 2.62. The monoisotopic (exact) mass is 211 g/mol. The third kappa shape index (κ3) is 2.44. The summed E-state index contributed by atoms with van der Waals surface area (Å²) in [7, 11) is 0. The quantitative estimate of drug-likeness (QED) is 0.760. The first kappa shape index (κ1) is 11.0. The first-order chi connectivity index (χ1) is 7.06. The van der Waals surface area contributed by atoms with Gasteiger partial charge in [-0.25, -0.2) is 8.78 Å². The van der Waals surface area contributed by atoms with Crippen LogP contribution >= 0.6 is 0 Å². The van der Waals surface area contributed by atoms with Gasteiger partial charge in [0.2, 0.25) is 0 Å². The fourth-order valence-corrected chi connectivity index (χ4v) is 0.960.